The average Bonchev–Trinajstić information content (AvgIpc) is 2.83. The highest BCUT2D eigenvalue weighted by Crippen LogP contribution is 2.29. The normalized spacial score (nSPS) is 19.1. The Kier molecular flexibility index (Phi) is 6.88. The van der Waals surface area contributed by atoms with Gasteiger partial charge in [0.15, 0.2) is 6.61 Å². The van der Waals surface area contributed by atoms with Crippen LogP contribution in [0.15, 0.2) is 53.4 Å². The van der Waals surface area contributed by atoms with Crippen LogP contribution in [0.4, 0.5) is 0 Å². The number of esters is 1. The number of amides is 1. The van der Waals surface area contributed by atoms with E-state index < -0.39 is 22.6 Å². The molecule has 1 atom stereocenters. The van der Waals surface area contributed by atoms with Crippen LogP contribution >= 0.6 is 0 Å². The van der Waals surface area contributed by atoms with Gasteiger partial charge < -0.3 is 14.8 Å². The average molecular weight is 459 g/mol. The number of carbonyl (C=O) groups excluding carboxylic acids is 2. The van der Waals surface area contributed by atoms with Crippen molar-refractivity contribution >= 4 is 21.9 Å². The van der Waals surface area contributed by atoms with Crippen molar-refractivity contribution in [3.05, 3.63) is 65.2 Å². The Labute approximate surface area is 187 Å². The minimum absolute atomic E-state index is 0.0872. The summed E-state index contributed by atoms with van der Waals surface area (Å²) < 4.78 is 37.0. The molecule has 1 fully saturated rings. The van der Waals surface area contributed by atoms with Gasteiger partial charge in [0.05, 0.1) is 29.7 Å². The van der Waals surface area contributed by atoms with E-state index in [0.717, 1.165) is 24.8 Å². The summed E-state index contributed by atoms with van der Waals surface area (Å²) in [6.45, 7) is 0.918. The molecule has 1 N–H and O–H groups in total. The molecule has 1 saturated heterocycles. The highest BCUT2D eigenvalue weighted by atomic mass is 32.2. The van der Waals surface area contributed by atoms with E-state index >= 15 is 0 Å². The number of morpholine rings is 1. The molecule has 170 valence electrons. The van der Waals surface area contributed by atoms with E-state index in [1.54, 1.807) is 0 Å². The van der Waals surface area contributed by atoms with Crippen molar-refractivity contribution in [2.24, 2.45) is 0 Å². The number of rotatable bonds is 6. The number of hydrogen-bond acceptors (Lipinski definition) is 6. The Hall–Kier alpha value is -2.75. The summed E-state index contributed by atoms with van der Waals surface area (Å²) in [7, 11) is -3.63. The SMILES string of the molecule is O=C(COC(=O)c1ccc(S(=O)(=O)N2CCOCC2)cc1)NC1CCCc2ccccc21. The van der Waals surface area contributed by atoms with Crippen LogP contribution in [0.3, 0.4) is 0 Å². The van der Waals surface area contributed by atoms with E-state index in [9.17, 15) is 18.0 Å². The Morgan fingerprint density at radius 3 is 2.53 bits per heavy atom. The Morgan fingerprint density at radius 2 is 1.78 bits per heavy atom. The first-order valence-corrected chi connectivity index (χ1v) is 12.1. The maximum absolute atomic E-state index is 12.7. The highest BCUT2D eigenvalue weighted by molar-refractivity contribution is 7.89. The number of aryl methyl sites for hydroxylation is 1. The van der Waals surface area contributed by atoms with Gasteiger partial charge in [0.25, 0.3) is 5.91 Å². The number of nitrogens with zero attached hydrogens (tertiary/aromatic N) is 1. The van der Waals surface area contributed by atoms with Crippen molar-refractivity contribution in [3.63, 3.8) is 0 Å². The lowest BCUT2D eigenvalue weighted by Gasteiger charge is -2.26. The van der Waals surface area contributed by atoms with Crippen LogP contribution in [0.1, 0.15) is 40.4 Å². The molecule has 4 rings (SSSR count). The first-order valence-electron chi connectivity index (χ1n) is 10.7. The number of ether oxygens (including phenoxy) is 2. The summed E-state index contributed by atoms with van der Waals surface area (Å²) >= 11 is 0. The van der Waals surface area contributed by atoms with Gasteiger partial charge in [-0.25, -0.2) is 13.2 Å². The number of nitrogens with one attached hydrogen (secondary N) is 1. The van der Waals surface area contributed by atoms with Gasteiger partial charge in [-0.3, -0.25) is 4.79 Å². The van der Waals surface area contributed by atoms with Gasteiger partial charge >= 0.3 is 5.97 Å². The summed E-state index contributed by atoms with van der Waals surface area (Å²) in [4.78, 5) is 24.8. The topological polar surface area (TPSA) is 102 Å². The zero-order valence-corrected chi connectivity index (χ0v) is 18.5. The first kappa shape index (κ1) is 22.4. The molecule has 2 aromatic carbocycles. The summed E-state index contributed by atoms with van der Waals surface area (Å²) in [5.74, 6) is -1.05. The Bertz CT molecular complexity index is 1080. The summed E-state index contributed by atoms with van der Waals surface area (Å²) in [6.07, 6.45) is 2.83. The van der Waals surface area contributed by atoms with Gasteiger partial charge in [0, 0.05) is 13.1 Å². The number of benzene rings is 2. The molecule has 9 heteroatoms. The Morgan fingerprint density at radius 1 is 1.06 bits per heavy atom. The molecule has 1 aliphatic carbocycles. The molecule has 1 heterocycles. The fourth-order valence-corrected chi connectivity index (χ4v) is 5.46. The molecule has 0 aromatic heterocycles. The van der Waals surface area contributed by atoms with Gasteiger partial charge in [0.2, 0.25) is 10.0 Å². The predicted molar refractivity (Wildman–Crippen MR) is 117 cm³/mol. The zero-order chi connectivity index (χ0) is 22.6. The molecule has 0 saturated carbocycles. The standard InChI is InChI=1S/C23H26N2O6S/c26-22(24-21-7-3-5-17-4-1-2-6-20(17)21)16-31-23(27)18-8-10-19(11-9-18)32(28,29)25-12-14-30-15-13-25/h1-2,4,6,8-11,21H,3,5,7,12-16H2,(H,24,26). The highest BCUT2D eigenvalue weighted by Gasteiger charge is 2.26. The van der Waals surface area contributed by atoms with Crippen LogP contribution in [-0.2, 0) is 30.7 Å². The first-order chi connectivity index (χ1) is 15.4. The van der Waals surface area contributed by atoms with Crippen molar-refractivity contribution < 1.29 is 27.5 Å². The zero-order valence-electron chi connectivity index (χ0n) is 17.7. The van der Waals surface area contributed by atoms with Crippen molar-refractivity contribution in [2.75, 3.05) is 32.9 Å². The van der Waals surface area contributed by atoms with Gasteiger partial charge in [-0.1, -0.05) is 24.3 Å². The third kappa shape index (κ3) is 5.01. The Balaban J connectivity index is 1.32. The molecular weight excluding hydrogens is 432 g/mol. The maximum Gasteiger partial charge on any atom is 0.338 e. The molecule has 32 heavy (non-hydrogen) atoms. The fourth-order valence-electron chi connectivity index (χ4n) is 4.05. The molecule has 1 unspecified atom stereocenters. The minimum atomic E-state index is -3.63. The van der Waals surface area contributed by atoms with Crippen LogP contribution in [-0.4, -0.2) is 57.5 Å². The van der Waals surface area contributed by atoms with Crippen LogP contribution < -0.4 is 5.32 Å². The second kappa shape index (κ2) is 9.81. The van der Waals surface area contributed by atoms with E-state index in [2.05, 4.69) is 11.4 Å². The van der Waals surface area contributed by atoms with E-state index in [1.807, 2.05) is 18.2 Å². The quantitative estimate of drug-likeness (QED) is 0.665. The van der Waals surface area contributed by atoms with Gasteiger partial charge in [-0.15, -0.1) is 0 Å². The van der Waals surface area contributed by atoms with Crippen molar-refractivity contribution in [1.29, 1.82) is 0 Å². The molecule has 0 bridgehead atoms. The van der Waals surface area contributed by atoms with E-state index in [-0.39, 0.29) is 22.4 Å². The maximum atomic E-state index is 12.7. The number of hydrogen-bond donors (Lipinski definition) is 1. The van der Waals surface area contributed by atoms with Crippen molar-refractivity contribution in [1.82, 2.24) is 9.62 Å². The van der Waals surface area contributed by atoms with E-state index in [1.165, 1.54) is 34.1 Å². The number of fused-ring (bicyclic) bond motifs is 1. The van der Waals surface area contributed by atoms with Crippen LogP contribution in [0.2, 0.25) is 0 Å². The lowest BCUT2D eigenvalue weighted by atomic mass is 9.88. The van der Waals surface area contributed by atoms with Crippen LogP contribution in [0.25, 0.3) is 0 Å². The van der Waals surface area contributed by atoms with E-state index in [4.69, 9.17) is 9.47 Å². The second-order valence-corrected chi connectivity index (χ2v) is 9.77. The lowest BCUT2D eigenvalue weighted by Crippen LogP contribution is -2.40. The second-order valence-electron chi connectivity index (χ2n) is 7.83. The van der Waals surface area contributed by atoms with Crippen molar-refractivity contribution in [3.8, 4) is 0 Å². The third-order valence-electron chi connectivity index (χ3n) is 5.74. The van der Waals surface area contributed by atoms with Crippen LogP contribution in [0, 0.1) is 0 Å². The molecule has 8 nitrogen and oxygen atoms in total. The smallest absolute Gasteiger partial charge is 0.338 e. The molecular formula is C23H26N2O6S. The molecule has 0 spiro atoms. The van der Waals surface area contributed by atoms with Gasteiger partial charge in [-0.2, -0.15) is 4.31 Å². The fraction of sp³-hybridized carbons (Fsp3) is 0.391. The molecule has 1 aliphatic heterocycles. The summed E-state index contributed by atoms with van der Waals surface area (Å²) in [5.41, 5.74) is 2.52. The van der Waals surface area contributed by atoms with Gasteiger partial charge in [0.1, 0.15) is 0 Å². The summed E-state index contributed by atoms with van der Waals surface area (Å²) in [6, 6.07) is 13.5. The monoisotopic (exact) mass is 458 g/mol. The molecule has 1 amide bonds. The minimum Gasteiger partial charge on any atom is -0.452 e. The van der Waals surface area contributed by atoms with Crippen molar-refractivity contribution in [2.45, 2.75) is 30.2 Å². The van der Waals surface area contributed by atoms with Gasteiger partial charge in [-0.05, 0) is 54.7 Å². The van der Waals surface area contributed by atoms with E-state index in [0.29, 0.717) is 26.3 Å². The summed E-state index contributed by atoms with van der Waals surface area (Å²) in [5, 5.41) is 2.94. The largest absolute Gasteiger partial charge is 0.452 e. The molecule has 0 radical (unpaired) electrons. The predicted octanol–water partition coefficient (Wildman–Crippen LogP) is 2.06. The number of sulfonamides is 1. The molecule has 2 aliphatic rings. The molecule has 2 aromatic rings. The van der Waals surface area contributed by atoms with Crippen LogP contribution in [0.5, 0.6) is 0 Å². The third-order valence-corrected chi connectivity index (χ3v) is 7.65. The lowest BCUT2D eigenvalue weighted by molar-refractivity contribution is -0.125. The number of carbonyl (C=O) groups is 2.